The van der Waals surface area contributed by atoms with Crippen LogP contribution in [0.4, 0.5) is 5.82 Å². The maximum absolute atomic E-state index is 6.36. The van der Waals surface area contributed by atoms with Crippen LogP contribution in [-0.2, 0) is 6.54 Å². The summed E-state index contributed by atoms with van der Waals surface area (Å²) in [6.07, 6.45) is 2.33. The van der Waals surface area contributed by atoms with Crippen molar-refractivity contribution >= 4 is 28.6 Å². The number of likely N-dealkylation sites (N-methyl/N-ethyl adjacent to an activating group) is 1. The van der Waals surface area contributed by atoms with E-state index in [1.165, 1.54) is 12.8 Å². The summed E-state index contributed by atoms with van der Waals surface area (Å²) in [5.74, 6) is 2.35. The first kappa shape index (κ1) is 17.8. The van der Waals surface area contributed by atoms with E-state index < -0.39 is 0 Å². The largest absolute Gasteiger partial charge is 0.352 e. The number of fused-ring (bicyclic) bond motifs is 1. The van der Waals surface area contributed by atoms with Gasteiger partial charge in [0.05, 0.1) is 6.54 Å². The summed E-state index contributed by atoms with van der Waals surface area (Å²) < 4.78 is 1.86. The summed E-state index contributed by atoms with van der Waals surface area (Å²) in [4.78, 5) is 14.6. The Bertz CT molecular complexity index is 989. The smallest absolute Gasteiger partial charge is 0.184 e. The van der Waals surface area contributed by atoms with Gasteiger partial charge in [-0.05, 0) is 31.0 Å². The number of benzene rings is 1. The van der Waals surface area contributed by atoms with E-state index in [1.54, 1.807) is 0 Å². The zero-order valence-electron chi connectivity index (χ0n) is 16.1. The second-order valence-corrected chi connectivity index (χ2v) is 8.02. The minimum atomic E-state index is 0.476. The summed E-state index contributed by atoms with van der Waals surface area (Å²) in [6.45, 7) is 7.88. The number of rotatable bonds is 5. The lowest BCUT2D eigenvalue weighted by molar-refractivity contribution is 0.270. The highest BCUT2D eigenvalue weighted by Gasteiger charge is 2.30. The van der Waals surface area contributed by atoms with Crippen LogP contribution in [0.5, 0.6) is 0 Å². The molecular formula is C20H24ClN7. The molecule has 1 aliphatic heterocycles. The third-order valence-corrected chi connectivity index (χ3v) is 6.07. The van der Waals surface area contributed by atoms with Crippen molar-refractivity contribution in [2.75, 3.05) is 37.6 Å². The highest BCUT2D eigenvalue weighted by Crippen LogP contribution is 2.39. The first-order valence-corrected chi connectivity index (χ1v) is 10.4. The van der Waals surface area contributed by atoms with Crippen molar-refractivity contribution in [1.29, 1.82) is 0 Å². The molecule has 1 aromatic carbocycles. The van der Waals surface area contributed by atoms with Gasteiger partial charge in [0, 0.05) is 37.1 Å². The summed E-state index contributed by atoms with van der Waals surface area (Å²) in [7, 11) is 0. The normalized spacial score (nSPS) is 18.1. The highest BCUT2D eigenvalue weighted by atomic mass is 35.5. The van der Waals surface area contributed by atoms with Crippen LogP contribution in [0.3, 0.4) is 0 Å². The van der Waals surface area contributed by atoms with E-state index in [1.807, 2.05) is 28.9 Å². The molecular weight excluding hydrogens is 374 g/mol. The molecule has 0 bridgehead atoms. The third-order valence-electron chi connectivity index (χ3n) is 5.70. The lowest BCUT2D eigenvalue weighted by atomic mass is 10.2. The van der Waals surface area contributed by atoms with Crippen molar-refractivity contribution in [3.8, 4) is 0 Å². The Morgan fingerprint density at radius 2 is 1.86 bits per heavy atom. The fraction of sp³-hybridized carbons (Fsp3) is 0.500. The van der Waals surface area contributed by atoms with Gasteiger partial charge < -0.3 is 9.80 Å². The predicted octanol–water partition coefficient (Wildman–Crippen LogP) is 2.94. The molecule has 0 spiro atoms. The molecule has 0 atom stereocenters. The van der Waals surface area contributed by atoms with Crippen molar-refractivity contribution in [1.82, 2.24) is 29.9 Å². The van der Waals surface area contributed by atoms with Gasteiger partial charge in [0.2, 0.25) is 0 Å². The second-order valence-electron chi connectivity index (χ2n) is 7.61. The van der Waals surface area contributed by atoms with Crippen LogP contribution in [0, 0.1) is 0 Å². The summed E-state index contributed by atoms with van der Waals surface area (Å²) in [5, 5.41) is 9.61. The van der Waals surface area contributed by atoms with E-state index in [-0.39, 0.29) is 0 Å². The first-order chi connectivity index (χ1) is 13.7. The van der Waals surface area contributed by atoms with Crippen LogP contribution in [0.1, 0.15) is 37.1 Å². The van der Waals surface area contributed by atoms with E-state index in [0.717, 1.165) is 66.1 Å². The number of nitrogens with zero attached hydrogens (tertiary/aromatic N) is 7. The van der Waals surface area contributed by atoms with Crippen molar-refractivity contribution in [2.24, 2.45) is 0 Å². The molecule has 1 saturated carbocycles. The van der Waals surface area contributed by atoms with Crippen molar-refractivity contribution in [2.45, 2.75) is 32.2 Å². The Hall–Kier alpha value is -2.25. The Morgan fingerprint density at radius 1 is 1.07 bits per heavy atom. The van der Waals surface area contributed by atoms with Crippen LogP contribution in [-0.4, -0.2) is 62.6 Å². The van der Waals surface area contributed by atoms with Gasteiger partial charge >= 0.3 is 0 Å². The average molecular weight is 398 g/mol. The minimum Gasteiger partial charge on any atom is -0.352 e. The first-order valence-electron chi connectivity index (χ1n) is 10.0. The van der Waals surface area contributed by atoms with Gasteiger partial charge in [0.15, 0.2) is 17.0 Å². The maximum Gasteiger partial charge on any atom is 0.184 e. The van der Waals surface area contributed by atoms with Gasteiger partial charge in [0.1, 0.15) is 5.82 Å². The molecule has 0 N–H and O–H groups in total. The number of halogens is 1. The van der Waals surface area contributed by atoms with Crippen LogP contribution in [0.25, 0.3) is 11.2 Å². The Morgan fingerprint density at radius 3 is 2.57 bits per heavy atom. The Kier molecular flexibility index (Phi) is 4.64. The predicted molar refractivity (Wildman–Crippen MR) is 110 cm³/mol. The molecule has 1 saturated heterocycles. The number of aromatic nitrogens is 5. The molecule has 2 aromatic heterocycles. The van der Waals surface area contributed by atoms with E-state index in [2.05, 4.69) is 27.0 Å². The number of anilines is 1. The molecule has 2 fully saturated rings. The molecule has 8 heteroatoms. The van der Waals surface area contributed by atoms with Crippen LogP contribution < -0.4 is 4.90 Å². The Balaban J connectivity index is 1.53. The molecule has 146 valence electrons. The monoisotopic (exact) mass is 397 g/mol. The topological polar surface area (TPSA) is 63.0 Å². The third kappa shape index (κ3) is 3.33. The number of hydrogen-bond acceptors (Lipinski definition) is 6. The van der Waals surface area contributed by atoms with Gasteiger partial charge in [-0.2, -0.15) is 0 Å². The molecule has 1 aliphatic carbocycles. The quantitative estimate of drug-likeness (QED) is 0.659. The number of piperazine rings is 1. The summed E-state index contributed by atoms with van der Waals surface area (Å²) in [5.41, 5.74) is 2.62. The van der Waals surface area contributed by atoms with E-state index in [9.17, 15) is 0 Å². The summed E-state index contributed by atoms with van der Waals surface area (Å²) >= 11 is 6.36. The van der Waals surface area contributed by atoms with Crippen LogP contribution in [0.2, 0.25) is 5.02 Å². The van der Waals surface area contributed by atoms with Crippen LogP contribution in [0.15, 0.2) is 24.3 Å². The van der Waals surface area contributed by atoms with Crippen LogP contribution >= 0.6 is 11.6 Å². The zero-order valence-corrected chi connectivity index (χ0v) is 16.8. The van der Waals surface area contributed by atoms with E-state index >= 15 is 0 Å². The van der Waals surface area contributed by atoms with Gasteiger partial charge in [0.25, 0.3) is 0 Å². The zero-order chi connectivity index (χ0) is 19.1. The average Bonchev–Trinajstić information content (AvgIpc) is 3.51. The van der Waals surface area contributed by atoms with Gasteiger partial charge in [-0.25, -0.2) is 14.6 Å². The molecule has 7 nitrogen and oxygen atoms in total. The SMILES string of the molecule is CCN1CCN(c2nc(C3CC3)nc3c2nnn3Cc2ccccc2Cl)CC1. The second kappa shape index (κ2) is 7.29. The van der Waals surface area contributed by atoms with Gasteiger partial charge in [-0.15, -0.1) is 5.10 Å². The van der Waals surface area contributed by atoms with Gasteiger partial charge in [-0.1, -0.05) is 41.9 Å². The molecule has 0 radical (unpaired) electrons. The number of hydrogen-bond donors (Lipinski definition) is 0. The van der Waals surface area contributed by atoms with Gasteiger partial charge in [-0.3, -0.25) is 0 Å². The minimum absolute atomic E-state index is 0.476. The Labute approximate surface area is 169 Å². The lowest BCUT2D eigenvalue weighted by Crippen LogP contribution is -2.46. The fourth-order valence-electron chi connectivity index (χ4n) is 3.77. The molecule has 0 amide bonds. The fourth-order valence-corrected chi connectivity index (χ4v) is 3.97. The van der Waals surface area contributed by atoms with E-state index in [0.29, 0.717) is 12.5 Å². The molecule has 3 heterocycles. The van der Waals surface area contributed by atoms with E-state index in [4.69, 9.17) is 21.6 Å². The molecule has 3 aromatic rings. The molecule has 0 unspecified atom stereocenters. The lowest BCUT2D eigenvalue weighted by Gasteiger charge is -2.34. The molecule has 28 heavy (non-hydrogen) atoms. The summed E-state index contributed by atoms with van der Waals surface area (Å²) in [6, 6.07) is 7.85. The molecule has 5 rings (SSSR count). The maximum atomic E-state index is 6.36. The molecule has 2 aliphatic rings. The highest BCUT2D eigenvalue weighted by molar-refractivity contribution is 6.31. The van der Waals surface area contributed by atoms with Crippen molar-refractivity contribution in [3.63, 3.8) is 0 Å². The van der Waals surface area contributed by atoms with Crippen molar-refractivity contribution < 1.29 is 0 Å². The van der Waals surface area contributed by atoms with Crippen molar-refractivity contribution in [3.05, 3.63) is 40.7 Å². The standard InChI is InChI=1S/C20H24ClN7/c1-2-26-9-11-27(12-10-26)19-17-20(23-18(22-19)14-7-8-14)28(25-24-17)13-15-5-3-4-6-16(15)21/h3-6,14H,2,7-13H2,1H3.